The fourth-order valence-electron chi connectivity index (χ4n) is 2.57. The van der Waals surface area contributed by atoms with E-state index >= 15 is 0 Å². The molecule has 2 atom stereocenters. The summed E-state index contributed by atoms with van der Waals surface area (Å²) in [4.78, 5) is 6.59. The molecule has 1 aliphatic rings. The zero-order chi connectivity index (χ0) is 12.1. The highest BCUT2D eigenvalue weighted by Gasteiger charge is 2.26. The molecule has 1 aromatic rings. The molecule has 1 heterocycles. The lowest BCUT2D eigenvalue weighted by atomic mass is 10.1. The van der Waals surface area contributed by atoms with Crippen LogP contribution in [0.1, 0.15) is 24.8 Å². The van der Waals surface area contributed by atoms with Crippen molar-refractivity contribution in [2.45, 2.75) is 37.0 Å². The Morgan fingerprint density at radius 1 is 1.35 bits per heavy atom. The number of hydrogen-bond acceptors (Lipinski definition) is 3. The molecule has 3 heteroatoms. The Hall–Kier alpha value is -0.540. The fourth-order valence-corrected chi connectivity index (χ4v) is 3.36. The van der Waals surface area contributed by atoms with Gasteiger partial charge < -0.3 is 4.90 Å². The maximum absolute atomic E-state index is 4.05. The molecule has 0 aromatic carbocycles. The number of rotatable bonds is 5. The molecule has 0 spiro atoms. The highest BCUT2D eigenvalue weighted by Crippen LogP contribution is 2.30. The van der Waals surface area contributed by atoms with Crippen LogP contribution in [0.25, 0.3) is 0 Å². The van der Waals surface area contributed by atoms with Crippen LogP contribution in [-0.4, -0.2) is 41.0 Å². The first-order valence-corrected chi connectivity index (χ1v) is 7.70. The SMILES string of the molecule is CSC1CCC(N(C)CCc2ccncc2)C1. The molecule has 1 aliphatic carbocycles. The molecule has 17 heavy (non-hydrogen) atoms. The van der Waals surface area contributed by atoms with E-state index in [2.05, 4.69) is 35.3 Å². The van der Waals surface area contributed by atoms with Gasteiger partial charge in [0.2, 0.25) is 0 Å². The molecule has 1 saturated carbocycles. The van der Waals surface area contributed by atoms with Crippen molar-refractivity contribution in [3.05, 3.63) is 30.1 Å². The Morgan fingerprint density at radius 3 is 2.76 bits per heavy atom. The van der Waals surface area contributed by atoms with Crippen LogP contribution in [0, 0.1) is 0 Å². The van der Waals surface area contributed by atoms with E-state index < -0.39 is 0 Å². The lowest BCUT2D eigenvalue weighted by molar-refractivity contribution is 0.249. The van der Waals surface area contributed by atoms with Crippen molar-refractivity contribution in [3.63, 3.8) is 0 Å². The monoisotopic (exact) mass is 250 g/mol. The zero-order valence-electron chi connectivity index (χ0n) is 10.8. The van der Waals surface area contributed by atoms with Crippen LogP contribution in [0.15, 0.2) is 24.5 Å². The van der Waals surface area contributed by atoms with Gasteiger partial charge in [-0.1, -0.05) is 0 Å². The first kappa shape index (κ1) is 12.9. The number of hydrogen-bond donors (Lipinski definition) is 0. The summed E-state index contributed by atoms with van der Waals surface area (Å²) in [7, 11) is 2.27. The van der Waals surface area contributed by atoms with Crippen molar-refractivity contribution in [3.8, 4) is 0 Å². The Bertz CT molecular complexity index is 328. The molecule has 1 aromatic heterocycles. The summed E-state index contributed by atoms with van der Waals surface area (Å²) < 4.78 is 0. The molecule has 2 nitrogen and oxygen atoms in total. The molecule has 0 aliphatic heterocycles. The predicted octanol–water partition coefficient (Wildman–Crippen LogP) is 2.84. The summed E-state index contributed by atoms with van der Waals surface area (Å²) in [5.74, 6) is 0. The lowest BCUT2D eigenvalue weighted by Crippen LogP contribution is -2.31. The minimum atomic E-state index is 0.800. The highest BCUT2D eigenvalue weighted by atomic mass is 32.2. The van der Waals surface area contributed by atoms with Gasteiger partial charge in [-0.3, -0.25) is 4.98 Å². The molecule has 1 fully saturated rings. The second-order valence-electron chi connectivity index (χ2n) is 4.91. The average molecular weight is 250 g/mol. The molecular formula is C14H22N2S. The van der Waals surface area contributed by atoms with E-state index in [0.29, 0.717) is 0 Å². The minimum Gasteiger partial charge on any atom is -0.303 e. The Morgan fingerprint density at radius 2 is 2.12 bits per heavy atom. The van der Waals surface area contributed by atoms with Gasteiger partial charge in [0, 0.05) is 30.2 Å². The maximum atomic E-state index is 4.05. The van der Waals surface area contributed by atoms with Gasteiger partial charge in [0.1, 0.15) is 0 Å². The van der Waals surface area contributed by atoms with E-state index in [4.69, 9.17) is 0 Å². The van der Waals surface area contributed by atoms with Crippen LogP contribution in [0.4, 0.5) is 0 Å². The Balaban J connectivity index is 1.76. The molecular weight excluding hydrogens is 228 g/mol. The summed E-state index contributed by atoms with van der Waals surface area (Å²) in [6, 6.07) is 5.04. The molecule has 0 radical (unpaired) electrons. The number of aromatic nitrogens is 1. The summed E-state index contributed by atoms with van der Waals surface area (Å²) in [6.45, 7) is 1.16. The average Bonchev–Trinajstić information content (AvgIpc) is 2.86. The fraction of sp³-hybridized carbons (Fsp3) is 0.643. The van der Waals surface area contributed by atoms with Gasteiger partial charge in [-0.15, -0.1) is 0 Å². The van der Waals surface area contributed by atoms with Gasteiger partial charge >= 0.3 is 0 Å². The van der Waals surface area contributed by atoms with Crippen molar-refractivity contribution < 1.29 is 0 Å². The third kappa shape index (κ3) is 3.71. The van der Waals surface area contributed by atoms with Crippen LogP contribution in [0.5, 0.6) is 0 Å². The van der Waals surface area contributed by atoms with Crippen molar-refractivity contribution in [2.75, 3.05) is 19.8 Å². The van der Waals surface area contributed by atoms with Crippen LogP contribution in [0.3, 0.4) is 0 Å². The lowest BCUT2D eigenvalue weighted by Gasteiger charge is -2.24. The largest absolute Gasteiger partial charge is 0.303 e. The first-order valence-electron chi connectivity index (χ1n) is 6.41. The summed E-state index contributed by atoms with van der Waals surface area (Å²) in [6.07, 6.45) is 11.3. The van der Waals surface area contributed by atoms with E-state index in [9.17, 15) is 0 Å². The van der Waals surface area contributed by atoms with E-state index in [1.165, 1.54) is 24.8 Å². The van der Waals surface area contributed by atoms with E-state index in [-0.39, 0.29) is 0 Å². The van der Waals surface area contributed by atoms with Crippen molar-refractivity contribution >= 4 is 11.8 Å². The number of likely N-dealkylation sites (N-methyl/N-ethyl adjacent to an activating group) is 1. The molecule has 2 unspecified atom stereocenters. The van der Waals surface area contributed by atoms with E-state index in [1.54, 1.807) is 0 Å². The molecule has 0 N–H and O–H groups in total. The zero-order valence-corrected chi connectivity index (χ0v) is 11.6. The highest BCUT2D eigenvalue weighted by molar-refractivity contribution is 7.99. The van der Waals surface area contributed by atoms with Crippen LogP contribution >= 0.6 is 11.8 Å². The number of nitrogens with zero attached hydrogens (tertiary/aromatic N) is 2. The van der Waals surface area contributed by atoms with Gasteiger partial charge in [-0.25, -0.2) is 0 Å². The standard InChI is InChI=1S/C14H22N2S/c1-16(13-3-4-14(11-13)17-2)10-7-12-5-8-15-9-6-12/h5-6,8-9,13-14H,3-4,7,10-11H2,1-2H3. The summed E-state index contributed by atoms with van der Waals surface area (Å²) in [5.41, 5.74) is 1.39. The second kappa shape index (κ2) is 6.41. The van der Waals surface area contributed by atoms with E-state index in [1.807, 2.05) is 24.2 Å². The van der Waals surface area contributed by atoms with Crippen LogP contribution in [-0.2, 0) is 6.42 Å². The predicted molar refractivity (Wildman–Crippen MR) is 75.5 cm³/mol. The smallest absolute Gasteiger partial charge is 0.0270 e. The summed E-state index contributed by atoms with van der Waals surface area (Å²) in [5, 5.41) is 0.892. The first-order chi connectivity index (χ1) is 8.29. The quantitative estimate of drug-likeness (QED) is 0.799. The van der Waals surface area contributed by atoms with Gasteiger partial charge in [-0.05, 0) is 56.7 Å². The van der Waals surface area contributed by atoms with Gasteiger partial charge in [0.15, 0.2) is 0 Å². The van der Waals surface area contributed by atoms with Gasteiger partial charge in [-0.2, -0.15) is 11.8 Å². The van der Waals surface area contributed by atoms with Crippen molar-refractivity contribution in [1.29, 1.82) is 0 Å². The van der Waals surface area contributed by atoms with Crippen LogP contribution < -0.4 is 0 Å². The summed E-state index contributed by atoms with van der Waals surface area (Å²) >= 11 is 2.03. The maximum Gasteiger partial charge on any atom is 0.0270 e. The molecule has 0 bridgehead atoms. The molecule has 94 valence electrons. The molecule has 0 saturated heterocycles. The topological polar surface area (TPSA) is 16.1 Å². The third-order valence-corrected chi connectivity index (χ3v) is 4.91. The molecule has 0 amide bonds. The van der Waals surface area contributed by atoms with Crippen LogP contribution in [0.2, 0.25) is 0 Å². The van der Waals surface area contributed by atoms with Gasteiger partial charge in [0.05, 0.1) is 0 Å². The normalized spacial score (nSPS) is 24.4. The third-order valence-electron chi connectivity index (χ3n) is 3.82. The van der Waals surface area contributed by atoms with Crippen molar-refractivity contribution in [1.82, 2.24) is 9.88 Å². The van der Waals surface area contributed by atoms with E-state index in [0.717, 1.165) is 24.3 Å². The molecule has 2 rings (SSSR count). The Labute approximate surface area is 109 Å². The minimum absolute atomic E-state index is 0.800. The Kier molecular flexibility index (Phi) is 4.86. The van der Waals surface area contributed by atoms with Gasteiger partial charge in [0.25, 0.3) is 0 Å². The second-order valence-corrected chi connectivity index (χ2v) is 6.05. The number of pyridine rings is 1. The van der Waals surface area contributed by atoms with Crippen molar-refractivity contribution in [2.24, 2.45) is 0 Å². The number of thioether (sulfide) groups is 1.